The standard InChI is InChI=1S/C6H12O.CH3NO2/c7-6-4-2-1-3-5-6;2-1(3)4/h6-7H,1-5H2;2H2,(H,3,4). The molecule has 0 bridgehead atoms. The molecule has 1 amide bonds. The number of rotatable bonds is 0. The van der Waals surface area contributed by atoms with Crippen LogP contribution in [0, 0.1) is 0 Å². The Bertz CT molecular complexity index is 106. The molecule has 0 radical (unpaired) electrons. The number of aliphatic hydroxyl groups excluding tert-OH is 1. The largest absolute Gasteiger partial charge is 0.465 e. The maximum Gasteiger partial charge on any atom is 0.402 e. The van der Waals surface area contributed by atoms with Gasteiger partial charge in [0, 0.05) is 0 Å². The summed E-state index contributed by atoms with van der Waals surface area (Å²) in [5, 5.41) is 16.1. The molecule has 4 heteroatoms. The first-order valence-electron chi connectivity index (χ1n) is 3.79. The summed E-state index contributed by atoms with van der Waals surface area (Å²) in [6.45, 7) is 0. The van der Waals surface area contributed by atoms with Crippen LogP contribution in [0.1, 0.15) is 32.1 Å². The minimum atomic E-state index is -1.33. The highest BCUT2D eigenvalue weighted by Gasteiger charge is 2.07. The highest BCUT2D eigenvalue weighted by Crippen LogP contribution is 2.16. The third-order valence-corrected chi connectivity index (χ3v) is 1.57. The predicted octanol–water partition coefficient (Wildman–Crippen LogP) is 0.934. The monoisotopic (exact) mass is 161 g/mol. The van der Waals surface area contributed by atoms with Crippen molar-refractivity contribution in [3.05, 3.63) is 0 Å². The van der Waals surface area contributed by atoms with Gasteiger partial charge in [0.1, 0.15) is 0 Å². The van der Waals surface area contributed by atoms with Gasteiger partial charge >= 0.3 is 6.09 Å². The van der Waals surface area contributed by atoms with E-state index in [0.29, 0.717) is 0 Å². The Kier molecular flexibility index (Phi) is 5.56. The van der Waals surface area contributed by atoms with Gasteiger partial charge in [0.25, 0.3) is 0 Å². The van der Waals surface area contributed by atoms with E-state index >= 15 is 0 Å². The molecule has 4 nitrogen and oxygen atoms in total. The number of carbonyl (C=O) groups is 1. The molecule has 0 atom stereocenters. The molecule has 11 heavy (non-hydrogen) atoms. The number of primary amides is 1. The number of amides is 1. The molecular weight excluding hydrogens is 146 g/mol. The molecule has 1 aliphatic rings. The summed E-state index contributed by atoms with van der Waals surface area (Å²) in [6, 6.07) is 0. The van der Waals surface area contributed by atoms with Crippen LogP contribution in [0.25, 0.3) is 0 Å². The Balaban J connectivity index is 0.000000218. The van der Waals surface area contributed by atoms with E-state index in [1.54, 1.807) is 0 Å². The molecule has 1 rings (SSSR count). The van der Waals surface area contributed by atoms with Crippen molar-refractivity contribution in [1.82, 2.24) is 0 Å². The predicted molar refractivity (Wildman–Crippen MR) is 41.3 cm³/mol. The van der Waals surface area contributed by atoms with Crippen LogP contribution in [0.2, 0.25) is 0 Å². The fourth-order valence-corrected chi connectivity index (χ4v) is 1.08. The maximum atomic E-state index is 8.91. The van der Waals surface area contributed by atoms with Crippen LogP contribution in [0.4, 0.5) is 4.79 Å². The second kappa shape index (κ2) is 5.97. The van der Waals surface area contributed by atoms with E-state index in [9.17, 15) is 0 Å². The zero-order chi connectivity index (χ0) is 8.69. The molecule has 0 aliphatic heterocycles. The second-order valence-corrected chi connectivity index (χ2v) is 2.63. The Morgan fingerprint density at radius 2 is 1.64 bits per heavy atom. The molecule has 0 aromatic carbocycles. The summed E-state index contributed by atoms with van der Waals surface area (Å²) in [7, 11) is 0. The normalized spacial score (nSPS) is 18.3. The lowest BCUT2D eigenvalue weighted by Gasteiger charge is -2.14. The Hall–Kier alpha value is -0.770. The lowest BCUT2D eigenvalue weighted by atomic mass is 9.98. The highest BCUT2D eigenvalue weighted by molar-refractivity contribution is 5.61. The third kappa shape index (κ3) is 9.23. The van der Waals surface area contributed by atoms with E-state index in [2.05, 4.69) is 5.73 Å². The topological polar surface area (TPSA) is 83.6 Å². The summed E-state index contributed by atoms with van der Waals surface area (Å²) in [5.41, 5.74) is 4.03. The third-order valence-electron chi connectivity index (χ3n) is 1.57. The highest BCUT2D eigenvalue weighted by atomic mass is 16.4. The zero-order valence-electron chi connectivity index (χ0n) is 6.49. The molecule has 0 heterocycles. The molecule has 1 aliphatic carbocycles. The molecule has 0 unspecified atom stereocenters. The SMILES string of the molecule is NC(=O)O.OC1CCCCC1. The van der Waals surface area contributed by atoms with Crippen LogP contribution in [0.3, 0.4) is 0 Å². The molecule has 0 aromatic rings. The Morgan fingerprint density at radius 3 is 1.82 bits per heavy atom. The van der Waals surface area contributed by atoms with Gasteiger partial charge in [-0.3, -0.25) is 0 Å². The van der Waals surface area contributed by atoms with Gasteiger partial charge < -0.3 is 15.9 Å². The van der Waals surface area contributed by atoms with Gasteiger partial charge in [-0.1, -0.05) is 19.3 Å². The number of hydrogen-bond donors (Lipinski definition) is 3. The van der Waals surface area contributed by atoms with E-state index < -0.39 is 6.09 Å². The van der Waals surface area contributed by atoms with Crippen LogP contribution >= 0.6 is 0 Å². The quantitative estimate of drug-likeness (QED) is 0.494. The van der Waals surface area contributed by atoms with Crippen molar-refractivity contribution in [3.8, 4) is 0 Å². The summed E-state index contributed by atoms with van der Waals surface area (Å²) in [6.07, 6.45) is 4.59. The van der Waals surface area contributed by atoms with Crippen molar-refractivity contribution < 1.29 is 15.0 Å². The van der Waals surface area contributed by atoms with Crippen molar-refractivity contribution in [3.63, 3.8) is 0 Å². The number of carboxylic acid groups (broad SMARTS) is 1. The molecule has 4 N–H and O–H groups in total. The van der Waals surface area contributed by atoms with Crippen LogP contribution in [-0.2, 0) is 0 Å². The first-order valence-corrected chi connectivity index (χ1v) is 3.79. The van der Waals surface area contributed by atoms with E-state index in [4.69, 9.17) is 15.0 Å². The van der Waals surface area contributed by atoms with Crippen LogP contribution in [0.5, 0.6) is 0 Å². The minimum absolute atomic E-state index is 0.0359. The van der Waals surface area contributed by atoms with Crippen molar-refractivity contribution in [2.75, 3.05) is 0 Å². The van der Waals surface area contributed by atoms with Gasteiger partial charge in [0.15, 0.2) is 0 Å². The Labute approximate surface area is 66.0 Å². The first kappa shape index (κ1) is 10.2. The number of hydrogen-bond acceptors (Lipinski definition) is 2. The van der Waals surface area contributed by atoms with Crippen LogP contribution in [-0.4, -0.2) is 22.4 Å². The van der Waals surface area contributed by atoms with Gasteiger partial charge in [0.05, 0.1) is 6.10 Å². The van der Waals surface area contributed by atoms with Gasteiger partial charge in [-0.25, -0.2) is 4.79 Å². The van der Waals surface area contributed by atoms with Crippen LogP contribution in [0.15, 0.2) is 0 Å². The van der Waals surface area contributed by atoms with Gasteiger partial charge in [-0.2, -0.15) is 0 Å². The lowest BCUT2D eigenvalue weighted by Crippen LogP contribution is -2.09. The molecule has 0 spiro atoms. The number of aliphatic hydroxyl groups is 1. The molecule has 0 aromatic heterocycles. The van der Waals surface area contributed by atoms with Crippen molar-refractivity contribution >= 4 is 6.09 Å². The lowest BCUT2D eigenvalue weighted by molar-refractivity contribution is 0.130. The summed E-state index contributed by atoms with van der Waals surface area (Å²) in [4.78, 5) is 8.78. The number of nitrogens with two attached hydrogens (primary N) is 1. The summed E-state index contributed by atoms with van der Waals surface area (Å²) < 4.78 is 0. The maximum absolute atomic E-state index is 8.91. The van der Waals surface area contributed by atoms with Gasteiger partial charge in [-0.05, 0) is 12.8 Å². The summed E-state index contributed by atoms with van der Waals surface area (Å²) in [5.74, 6) is 0. The fourth-order valence-electron chi connectivity index (χ4n) is 1.08. The van der Waals surface area contributed by atoms with Gasteiger partial charge in [-0.15, -0.1) is 0 Å². The molecule has 1 fully saturated rings. The molecule has 1 saturated carbocycles. The van der Waals surface area contributed by atoms with Crippen molar-refractivity contribution in [2.45, 2.75) is 38.2 Å². The van der Waals surface area contributed by atoms with E-state index in [-0.39, 0.29) is 6.10 Å². The van der Waals surface area contributed by atoms with Crippen molar-refractivity contribution in [1.29, 1.82) is 0 Å². The first-order chi connectivity index (χ1) is 5.13. The van der Waals surface area contributed by atoms with E-state index in [0.717, 1.165) is 12.8 Å². The Morgan fingerprint density at radius 1 is 1.27 bits per heavy atom. The van der Waals surface area contributed by atoms with Crippen molar-refractivity contribution in [2.24, 2.45) is 5.73 Å². The zero-order valence-corrected chi connectivity index (χ0v) is 6.49. The fraction of sp³-hybridized carbons (Fsp3) is 0.857. The average molecular weight is 161 g/mol. The molecule has 66 valence electrons. The van der Waals surface area contributed by atoms with Gasteiger partial charge in [0.2, 0.25) is 0 Å². The van der Waals surface area contributed by atoms with Crippen LogP contribution < -0.4 is 5.73 Å². The summed E-state index contributed by atoms with van der Waals surface area (Å²) >= 11 is 0. The molecule has 0 saturated heterocycles. The van der Waals surface area contributed by atoms with E-state index in [1.165, 1.54) is 19.3 Å². The second-order valence-electron chi connectivity index (χ2n) is 2.63. The molecular formula is C7H15NO3. The minimum Gasteiger partial charge on any atom is -0.465 e. The van der Waals surface area contributed by atoms with E-state index in [1.807, 2.05) is 0 Å². The average Bonchev–Trinajstić information content (AvgIpc) is 1.87. The smallest absolute Gasteiger partial charge is 0.402 e.